The number of nitrogens with one attached hydrogen (secondary N) is 1. The Labute approximate surface area is 170 Å². The van der Waals surface area contributed by atoms with E-state index in [1.54, 1.807) is 18.2 Å². The molecule has 0 spiro atoms. The lowest BCUT2D eigenvalue weighted by Gasteiger charge is -2.09. The molecule has 3 aromatic rings. The van der Waals surface area contributed by atoms with E-state index in [9.17, 15) is 10.1 Å². The first-order valence-corrected chi connectivity index (χ1v) is 9.27. The summed E-state index contributed by atoms with van der Waals surface area (Å²) < 4.78 is 2.85. The van der Waals surface area contributed by atoms with Gasteiger partial charge < -0.3 is 9.88 Å². The second kappa shape index (κ2) is 8.26. The Morgan fingerprint density at radius 1 is 1.22 bits per heavy atom. The molecule has 3 rings (SSSR count). The van der Waals surface area contributed by atoms with Gasteiger partial charge in [0.15, 0.2) is 0 Å². The van der Waals surface area contributed by atoms with Gasteiger partial charge in [-0.2, -0.15) is 5.26 Å². The minimum Gasteiger partial charge on any atom is -0.321 e. The first-order valence-electron chi connectivity index (χ1n) is 8.10. The van der Waals surface area contributed by atoms with Crippen LogP contribution in [-0.4, -0.2) is 10.5 Å². The second-order valence-electron chi connectivity index (χ2n) is 5.87. The van der Waals surface area contributed by atoms with Crippen LogP contribution in [0.4, 0.5) is 5.69 Å². The van der Waals surface area contributed by atoms with Crippen LogP contribution in [0.25, 0.3) is 11.8 Å². The van der Waals surface area contributed by atoms with E-state index in [4.69, 9.17) is 11.6 Å². The zero-order valence-electron chi connectivity index (χ0n) is 14.4. The number of hydrogen-bond acceptors (Lipinski definition) is 2. The summed E-state index contributed by atoms with van der Waals surface area (Å²) in [5.41, 5.74) is 3.09. The molecule has 0 fully saturated rings. The fraction of sp³-hybridized carbons (Fsp3) is 0.0476. The number of benzene rings is 2. The first-order chi connectivity index (χ1) is 13.0. The number of anilines is 1. The number of carbonyl (C=O) groups excluding carboxylic acids is 1. The van der Waals surface area contributed by atoms with E-state index < -0.39 is 5.91 Å². The monoisotopic (exact) mass is 439 g/mol. The molecule has 0 aliphatic heterocycles. The van der Waals surface area contributed by atoms with Crippen LogP contribution in [0.3, 0.4) is 0 Å². The third-order valence-corrected chi connectivity index (χ3v) is 4.70. The molecule has 1 N–H and O–H groups in total. The van der Waals surface area contributed by atoms with Crippen LogP contribution in [0, 0.1) is 18.3 Å². The number of carbonyl (C=O) groups is 1. The number of rotatable bonds is 4. The van der Waals surface area contributed by atoms with E-state index in [0.29, 0.717) is 10.7 Å². The van der Waals surface area contributed by atoms with E-state index in [2.05, 4.69) is 21.2 Å². The van der Waals surface area contributed by atoms with E-state index >= 15 is 0 Å². The van der Waals surface area contributed by atoms with Gasteiger partial charge in [0, 0.05) is 32.8 Å². The van der Waals surface area contributed by atoms with Crippen LogP contribution in [0.1, 0.15) is 11.3 Å². The molecule has 134 valence electrons. The van der Waals surface area contributed by atoms with Crippen LogP contribution in [0.15, 0.2) is 70.8 Å². The van der Waals surface area contributed by atoms with E-state index in [1.807, 2.05) is 66.2 Å². The van der Waals surface area contributed by atoms with Gasteiger partial charge in [0.1, 0.15) is 11.6 Å². The van der Waals surface area contributed by atoms with Gasteiger partial charge >= 0.3 is 0 Å². The molecule has 0 aliphatic carbocycles. The minimum atomic E-state index is -0.482. The Hall–Kier alpha value is -2.81. The quantitative estimate of drug-likeness (QED) is 0.415. The highest BCUT2D eigenvalue weighted by Gasteiger charge is 2.13. The number of amides is 1. The van der Waals surface area contributed by atoms with E-state index in [1.165, 1.54) is 0 Å². The van der Waals surface area contributed by atoms with Gasteiger partial charge in [-0.25, -0.2) is 0 Å². The molecule has 1 amide bonds. The predicted molar refractivity (Wildman–Crippen MR) is 112 cm³/mol. The average molecular weight is 441 g/mol. The molecule has 6 heteroatoms. The molecular formula is C21H15BrClN3O. The second-order valence-corrected chi connectivity index (χ2v) is 7.22. The Morgan fingerprint density at radius 3 is 2.78 bits per heavy atom. The van der Waals surface area contributed by atoms with E-state index in [0.717, 1.165) is 21.4 Å². The summed E-state index contributed by atoms with van der Waals surface area (Å²) in [6, 6.07) is 18.7. The summed E-state index contributed by atoms with van der Waals surface area (Å²) in [4.78, 5) is 12.6. The summed E-state index contributed by atoms with van der Waals surface area (Å²) in [6.07, 6.45) is 3.44. The summed E-state index contributed by atoms with van der Waals surface area (Å²) in [6.45, 7) is 1.86. The molecule has 0 bridgehead atoms. The number of aromatic nitrogens is 1. The fourth-order valence-electron chi connectivity index (χ4n) is 2.59. The van der Waals surface area contributed by atoms with Crippen LogP contribution in [0.5, 0.6) is 0 Å². The molecule has 0 saturated heterocycles. The van der Waals surface area contributed by atoms with Gasteiger partial charge in [-0.3, -0.25) is 4.79 Å². The Kier molecular flexibility index (Phi) is 5.80. The highest BCUT2D eigenvalue weighted by Crippen LogP contribution is 2.22. The highest BCUT2D eigenvalue weighted by molar-refractivity contribution is 9.10. The van der Waals surface area contributed by atoms with Gasteiger partial charge in [-0.1, -0.05) is 39.7 Å². The van der Waals surface area contributed by atoms with Crippen molar-refractivity contribution in [2.75, 3.05) is 5.32 Å². The normalized spacial score (nSPS) is 11.1. The van der Waals surface area contributed by atoms with Gasteiger partial charge in [-0.05, 0) is 61.0 Å². The lowest BCUT2D eigenvalue weighted by Crippen LogP contribution is -2.14. The third-order valence-electron chi connectivity index (χ3n) is 3.97. The van der Waals surface area contributed by atoms with E-state index in [-0.39, 0.29) is 5.57 Å². The Balaban J connectivity index is 1.92. The molecule has 2 aromatic carbocycles. The smallest absolute Gasteiger partial charge is 0.266 e. The molecule has 0 unspecified atom stereocenters. The van der Waals surface area contributed by atoms with Gasteiger partial charge in [0.05, 0.1) is 0 Å². The summed E-state index contributed by atoms with van der Waals surface area (Å²) >= 11 is 9.45. The lowest BCUT2D eigenvalue weighted by molar-refractivity contribution is -0.112. The molecule has 27 heavy (non-hydrogen) atoms. The maximum atomic E-state index is 12.6. The SMILES string of the molecule is Cc1ccc(Cl)cc1NC(=O)/C(C#N)=C\c1cccn1-c1cccc(Br)c1. The molecule has 0 saturated carbocycles. The molecular weight excluding hydrogens is 426 g/mol. The van der Waals surface area contributed by atoms with Gasteiger partial charge in [0.2, 0.25) is 0 Å². The standard InChI is InChI=1S/C21H15BrClN3O/c1-14-7-8-17(23)12-20(14)25-21(27)15(13-24)10-18-6-3-9-26(18)19-5-2-4-16(22)11-19/h2-12H,1H3,(H,25,27)/b15-10-. The molecule has 4 nitrogen and oxygen atoms in total. The predicted octanol–water partition coefficient (Wildman–Crippen LogP) is 5.75. The molecule has 0 aliphatic rings. The number of nitriles is 1. The molecule has 0 radical (unpaired) electrons. The Morgan fingerprint density at radius 2 is 2.04 bits per heavy atom. The van der Waals surface area contributed by atoms with Crippen molar-refractivity contribution < 1.29 is 4.79 Å². The largest absolute Gasteiger partial charge is 0.321 e. The van der Waals surface area contributed by atoms with Crippen molar-refractivity contribution in [1.82, 2.24) is 4.57 Å². The van der Waals surface area contributed by atoms with Crippen molar-refractivity contribution in [2.24, 2.45) is 0 Å². The summed E-state index contributed by atoms with van der Waals surface area (Å²) in [7, 11) is 0. The number of halogens is 2. The summed E-state index contributed by atoms with van der Waals surface area (Å²) in [5.74, 6) is -0.482. The third kappa shape index (κ3) is 4.48. The van der Waals surface area contributed by atoms with Crippen molar-refractivity contribution in [2.45, 2.75) is 6.92 Å². The van der Waals surface area contributed by atoms with Crippen LogP contribution < -0.4 is 5.32 Å². The van der Waals surface area contributed by atoms with Gasteiger partial charge in [-0.15, -0.1) is 0 Å². The van der Waals surface area contributed by atoms with Crippen molar-refractivity contribution in [1.29, 1.82) is 5.26 Å². The first kappa shape index (κ1) is 19.0. The zero-order valence-corrected chi connectivity index (χ0v) is 16.8. The number of hydrogen-bond donors (Lipinski definition) is 1. The molecule has 1 heterocycles. The molecule has 1 aromatic heterocycles. The minimum absolute atomic E-state index is 0.00400. The lowest BCUT2D eigenvalue weighted by atomic mass is 10.1. The van der Waals surface area contributed by atoms with Gasteiger partial charge in [0.25, 0.3) is 5.91 Å². The number of aryl methyl sites for hydroxylation is 1. The topological polar surface area (TPSA) is 57.8 Å². The van der Waals surface area contributed by atoms with Crippen molar-refractivity contribution in [3.05, 3.63) is 87.1 Å². The van der Waals surface area contributed by atoms with Crippen molar-refractivity contribution in [3.63, 3.8) is 0 Å². The maximum absolute atomic E-state index is 12.6. The Bertz CT molecular complexity index is 1080. The average Bonchev–Trinajstić information content (AvgIpc) is 3.11. The van der Waals surface area contributed by atoms with Crippen molar-refractivity contribution in [3.8, 4) is 11.8 Å². The van der Waals surface area contributed by atoms with Crippen LogP contribution >= 0.6 is 27.5 Å². The van der Waals surface area contributed by atoms with Crippen molar-refractivity contribution >= 4 is 45.2 Å². The van der Waals surface area contributed by atoms with Crippen LogP contribution in [-0.2, 0) is 4.79 Å². The van der Waals surface area contributed by atoms with Crippen LogP contribution in [0.2, 0.25) is 5.02 Å². The highest BCUT2D eigenvalue weighted by atomic mass is 79.9. The maximum Gasteiger partial charge on any atom is 0.266 e. The molecule has 0 atom stereocenters. The fourth-order valence-corrected chi connectivity index (χ4v) is 3.15. The zero-order chi connectivity index (χ0) is 19.4. The summed E-state index contributed by atoms with van der Waals surface area (Å²) in [5, 5.41) is 12.7. The number of nitrogens with zero attached hydrogens (tertiary/aromatic N) is 2.